The average molecular weight is 364 g/mol. The quantitative estimate of drug-likeness (QED) is 0.561. The molecule has 1 aromatic heterocycles. The Balaban J connectivity index is 2.51. The summed E-state index contributed by atoms with van der Waals surface area (Å²) in [6.07, 6.45) is 0. The van der Waals surface area contributed by atoms with Gasteiger partial charge in [-0.2, -0.15) is 0 Å². The van der Waals surface area contributed by atoms with Crippen molar-refractivity contribution in [2.75, 3.05) is 20.1 Å². The lowest BCUT2D eigenvalue weighted by atomic mass is 10.0. The molecule has 6 heteroatoms. The number of hydrogen-bond acceptors (Lipinski definition) is 3. The second-order valence-corrected chi connectivity index (χ2v) is 6.24. The molecule has 1 heterocycles. The Morgan fingerprint density at radius 3 is 2.38 bits per heavy atom. The van der Waals surface area contributed by atoms with Crippen molar-refractivity contribution in [3.63, 3.8) is 0 Å². The lowest BCUT2D eigenvalue weighted by Crippen LogP contribution is -2.49. The van der Waals surface area contributed by atoms with Crippen LogP contribution in [0.3, 0.4) is 0 Å². The van der Waals surface area contributed by atoms with Gasteiger partial charge < -0.3 is 9.47 Å². The number of rotatable bonds is 3. The first-order valence-electron chi connectivity index (χ1n) is 7.28. The molecule has 0 bridgehead atoms. The fourth-order valence-corrected chi connectivity index (χ4v) is 3.34. The molecule has 0 atom stereocenters. The molecule has 0 unspecified atom stereocenters. The van der Waals surface area contributed by atoms with Crippen LogP contribution in [0, 0.1) is 6.92 Å². The number of nitrogens with zero attached hydrogens (tertiary/aromatic N) is 1. The van der Waals surface area contributed by atoms with Crippen LogP contribution >= 0.6 is 23.2 Å². The van der Waals surface area contributed by atoms with Gasteiger partial charge in [0, 0.05) is 18.0 Å². The highest BCUT2D eigenvalue weighted by atomic mass is 35.5. The van der Waals surface area contributed by atoms with Crippen LogP contribution in [0.4, 0.5) is 0 Å². The SMILES string of the molecule is COc1ccc2cc(C)[n+](N)c(-c3ccc(Cl)cc3Cl)c2c1OC. The molecule has 4 nitrogen and oxygen atoms in total. The third kappa shape index (κ3) is 2.62. The minimum atomic E-state index is 0.512. The average Bonchev–Trinajstić information content (AvgIpc) is 2.56. The van der Waals surface area contributed by atoms with Crippen LogP contribution in [0.2, 0.25) is 10.0 Å². The molecular weight excluding hydrogens is 347 g/mol. The molecule has 3 rings (SSSR count). The van der Waals surface area contributed by atoms with E-state index < -0.39 is 0 Å². The number of aromatic nitrogens is 1. The molecule has 0 radical (unpaired) electrons. The van der Waals surface area contributed by atoms with Crippen molar-refractivity contribution in [3.8, 4) is 22.8 Å². The van der Waals surface area contributed by atoms with E-state index in [2.05, 4.69) is 0 Å². The van der Waals surface area contributed by atoms with Crippen molar-refractivity contribution < 1.29 is 14.1 Å². The third-order valence-corrected chi connectivity index (χ3v) is 4.53. The monoisotopic (exact) mass is 363 g/mol. The molecule has 0 saturated heterocycles. The zero-order valence-corrected chi connectivity index (χ0v) is 15.1. The summed E-state index contributed by atoms with van der Waals surface area (Å²) in [6, 6.07) is 11.2. The summed E-state index contributed by atoms with van der Waals surface area (Å²) < 4.78 is 12.6. The first-order chi connectivity index (χ1) is 11.5. The molecule has 0 spiro atoms. The topological polar surface area (TPSA) is 48.4 Å². The largest absolute Gasteiger partial charge is 0.493 e. The molecule has 0 aliphatic carbocycles. The van der Waals surface area contributed by atoms with E-state index in [4.69, 9.17) is 38.5 Å². The molecular formula is C18H17Cl2N2O2+. The van der Waals surface area contributed by atoms with Crippen LogP contribution in [0.15, 0.2) is 36.4 Å². The molecule has 0 amide bonds. The van der Waals surface area contributed by atoms with Gasteiger partial charge >= 0.3 is 0 Å². The molecule has 2 aromatic carbocycles. The summed E-state index contributed by atoms with van der Waals surface area (Å²) in [7, 11) is 3.20. The van der Waals surface area contributed by atoms with Gasteiger partial charge in [-0.1, -0.05) is 27.9 Å². The van der Waals surface area contributed by atoms with Gasteiger partial charge in [0.05, 0.1) is 24.8 Å². The Bertz CT molecular complexity index is 942. The van der Waals surface area contributed by atoms with Gasteiger partial charge in [-0.05, 0) is 35.7 Å². The Hall–Kier alpha value is -2.17. The number of pyridine rings is 1. The Kier molecular flexibility index (Phi) is 4.43. The number of nitrogens with two attached hydrogens (primary N) is 1. The van der Waals surface area contributed by atoms with Gasteiger partial charge in [-0.3, -0.25) is 0 Å². The summed E-state index contributed by atoms with van der Waals surface area (Å²) >= 11 is 12.5. The van der Waals surface area contributed by atoms with Crippen molar-refractivity contribution >= 4 is 34.0 Å². The molecule has 0 saturated carbocycles. The maximum atomic E-state index is 6.43. The van der Waals surface area contributed by atoms with E-state index in [1.807, 2.05) is 31.2 Å². The summed E-state index contributed by atoms with van der Waals surface area (Å²) in [5.41, 5.74) is 2.39. The van der Waals surface area contributed by atoms with Crippen LogP contribution in [0.1, 0.15) is 5.69 Å². The highest BCUT2D eigenvalue weighted by Gasteiger charge is 2.26. The number of methoxy groups -OCH3 is 2. The number of ether oxygens (including phenoxy) is 2. The minimum Gasteiger partial charge on any atom is -0.493 e. The van der Waals surface area contributed by atoms with Crippen LogP contribution in [-0.4, -0.2) is 14.2 Å². The van der Waals surface area contributed by atoms with Gasteiger partial charge in [0.15, 0.2) is 11.5 Å². The smallest absolute Gasteiger partial charge is 0.255 e. The minimum absolute atomic E-state index is 0.512. The fourth-order valence-electron chi connectivity index (χ4n) is 2.84. The van der Waals surface area contributed by atoms with E-state index in [0.717, 1.165) is 27.7 Å². The van der Waals surface area contributed by atoms with Gasteiger partial charge in [0.25, 0.3) is 5.69 Å². The fraction of sp³-hybridized carbons (Fsp3) is 0.167. The third-order valence-electron chi connectivity index (χ3n) is 3.99. The molecule has 0 aliphatic rings. The first-order valence-corrected chi connectivity index (χ1v) is 8.04. The summed E-state index contributed by atoms with van der Waals surface area (Å²) in [6.45, 7) is 1.93. The standard InChI is InChI=1S/C18H17Cl2N2O2/c1-10-8-11-4-7-15(23-2)18(24-3)16(11)17(22(10)21)13-6-5-12(19)9-14(13)20/h4-9H,21H2,1-3H3/q+1. The van der Waals surface area contributed by atoms with Gasteiger partial charge in [0.1, 0.15) is 5.39 Å². The first kappa shape index (κ1) is 16.7. The van der Waals surface area contributed by atoms with Crippen LogP contribution in [0.5, 0.6) is 11.5 Å². The van der Waals surface area contributed by atoms with E-state index in [1.165, 1.54) is 0 Å². The van der Waals surface area contributed by atoms with E-state index in [1.54, 1.807) is 31.0 Å². The highest BCUT2D eigenvalue weighted by Crippen LogP contribution is 2.41. The Morgan fingerprint density at radius 2 is 1.75 bits per heavy atom. The second kappa shape index (κ2) is 6.38. The predicted molar refractivity (Wildman–Crippen MR) is 97.6 cm³/mol. The number of benzene rings is 2. The number of halogens is 2. The zero-order valence-electron chi connectivity index (χ0n) is 13.6. The number of hydrogen-bond donors (Lipinski definition) is 1. The van der Waals surface area contributed by atoms with Crippen molar-refractivity contribution in [2.24, 2.45) is 0 Å². The lowest BCUT2D eigenvalue weighted by Gasteiger charge is -2.14. The van der Waals surface area contributed by atoms with Gasteiger partial charge in [-0.15, -0.1) is 0 Å². The highest BCUT2D eigenvalue weighted by molar-refractivity contribution is 6.36. The number of aryl methyl sites for hydroxylation is 1. The van der Waals surface area contributed by atoms with E-state index in [9.17, 15) is 0 Å². The predicted octanol–water partition coefficient (Wildman–Crippen LogP) is 4.14. The molecule has 3 aromatic rings. The molecule has 124 valence electrons. The Morgan fingerprint density at radius 1 is 1.00 bits per heavy atom. The van der Waals surface area contributed by atoms with Crippen LogP contribution in [-0.2, 0) is 0 Å². The van der Waals surface area contributed by atoms with Crippen molar-refractivity contribution in [2.45, 2.75) is 6.92 Å². The summed E-state index contributed by atoms with van der Waals surface area (Å²) in [5.74, 6) is 7.56. The van der Waals surface area contributed by atoms with E-state index in [0.29, 0.717) is 21.5 Å². The van der Waals surface area contributed by atoms with Crippen molar-refractivity contribution in [1.82, 2.24) is 0 Å². The van der Waals surface area contributed by atoms with Gasteiger partial charge in [0.2, 0.25) is 5.69 Å². The molecule has 24 heavy (non-hydrogen) atoms. The maximum absolute atomic E-state index is 6.43. The molecule has 2 N–H and O–H groups in total. The number of nitrogen functional groups attached to an aromatic ring is 1. The van der Waals surface area contributed by atoms with Crippen molar-refractivity contribution in [1.29, 1.82) is 0 Å². The molecule has 0 aliphatic heterocycles. The Labute approximate surface area is 150 Å². The lowest BCUT2D eigenvalue weighted by molar-refractivity contribution is -0.632. The molecule has 0 fully saturated rings. The summed E-state index contributed by atoms with van der Waals surface area (Å²) in [5, 5.41) is 2.88. The van der Waals surface area contributed by atoms with Crippen LogP contribution < -0.4 is 20.0 Å². The zero-order chi connectivity index (χ0) is 17.4. The van der Waals surface area contributed by atoms with Crippen molar-refractivity contribution in [3.05, 3.63) is 52.1 Å². The second-order valence-electron chi connectivity index (χ2n) is 5.39. The van der Waals surface area contributed by atoms with E-state index >= 15 is 0 Å². The van der Waals surface area contributed by atoms with Gasteiger partial charge in [-0.25, -0.2) is 5.84 Å². The maximum Gasteiger partial charge on any atom is 0.255 e. The van der Waals surface area contributed by atoms with Crippen LogP contribution in [0.25, 0.3) is 22.0 Å². The summed E-state index contributed by atoms with van der Waals surface area (Å²) in [4.78, 5) is 0. The number of fused-ring (bicyclic) bond motifs is 1. The van der Waals surface area contributed by atoms with E-state index in [-0.39, 0.29) is 0 Å². The normalized spacial score (nSPS) is 10.9.